The fraction of sp³-hybridized carbons (Fsp3) is 0.235. The van der Waals surface area contributed by atoms with Crippen LogP contribution < -0.4 is 0 Å². The Bertz CT molecular complexity index is 715. The second kappa shape index (κ2) is 5.50. The number of nitrogens with zero attached hydrogens (tertiary/aromatic N) is 2. The van der Waals surface area contributed by atoms with E-state index >= 15 is 0 Å². The average Bonchev–Trinajstić information content (AvgIpc) is 2.71. The van der Waals surface area contributed by atoms with Crippen LogP contribution in [0.5, 0.6) is 0 Å². The molecule has 0 fully saturated rings. The van der Waals surface area contributed by atoms with Crippen LogP contribution in [0.1, 0.15) is 25.0 Å². The number of benzene rings is 2. The minimum Gasteiger partial charge on any atom is -0.622 e. The van der Waals surface area contributed by atoms with Gasteiger partial charge in [0.05, 0.1) is 0 Å². The first-order valence-electron chi connectivity index (χ1n) is 7.10. The van der Waals surface area contributed by atoms with E-state index in [4.69, 9.17) is 0 Å². The fourth-order valence-corrected chi connectivity index (χ4v) is 3.24. The van der Waals surface area contributed by atoms with Gasteiger partial charge < -0.3 is 10.4 Å². The van der Waals surface area contributed by atoms with Crippen molar-refractivity contribution < 1.29 is 9.95 Å². The molecule has 0 spiro atoms. The number of rotatable bonds is 2. The van der Waals surface area contributed by atoms with Gasteiger partial charge in [-0.3, -0.25) is 0 Å². The predicted octanol–water partition coefficient (Wildman–Crippen LogP) is 3.71. The van der Waals surface area contributed by atoms with Crippen LogP contribution in [-0.4, -0.2) is 26.8 Å². The third-order valence-electron chi connectivity index (χ3n) is 4.28. The predicted molar refractivity (Wildman–Crippen MR) is 88.8 cm³/mol. The molecular weight excluding hydrogens is 344 g/mol. The molecule has 22 heavy (non-hydrogen) atoms. The van der Waals surface area contributed by atoms with E-state index in [0.29, 0.717) is 5.71 Å². The summed E-state index contributed by atoms with van der Waals surface area (Å²) in [5.41, 5.74) is 0.982. The van der Waals surface area contributed by atoms with Gasteiger partial charge in [0.15, 0.2) is 0 Å². The van der Waals surface area contributed by atoms with Gasteiger partial charge in [-0.25, -0.2) is 0 Å². The molecule has 0 aliphatic carbocycles. The molecule has 2 atom stereocenters. The Morgan fingerprint density at radius 3 is 2.32 bits per heavy atom. The van der Waals surface area contributed by atoms with Crippen LogP contribution in [0.15, 0.2) is 59.1 Å². The second-order valence-electron chi connectivity index (χ2n) is 5.59. The highest BCUT2D eigenvalue weighted by Gasteiger charge is 2.54. The second-order valence-corrected chi connectivity index (χ2v) is 6.51. The summed E-state index contributed by atoms with van der Waals surface area (Å²) in [6, 6.07) is 16.5. The number of halogens is 1. The first-order valence-corrected chi connectivity index (χ1v) is 7.89. The molecule has 5 heteroatoms. The van der Waals surface area contributed by atoms with Gasteiger partial charge in [0.25, 0.3) is 5.66 Å². The van der Waals surface area contributed by atoms with Gasteiger partial charge in [-0.15, -0.1) is 5.06 Å². The first-order chi connectivity index (χ1) is 10.5. The van der Waals surface area contributed by atoms with Crippen molar-refractivity contribution in [2.24, 2.45) is 0 Å². The molecule has 0 bridgehead atoms. The van der Waals surface area contributed by atoms with Gasteiger partial charge in [0, 0.05) is 22.5 Å². The first kappa shape index (κ1) is 15.2. The summed E-state index contributed by atoms with van der Waals surface area (Å²) in [6.07, 6.45) is 0. The lowest BCUT2D eigenvalue weighted by atomic mass is 10.0. The highest BCUT2D eigenvalue weighted by molar-refractivity contribution is 9.10. The molecule has 0 saturated heterocycles. The average molecular weight is 361 g/mol. The molecule has 1 heterocycles. The van der Waals surface area contributed by atoms with Gasteiger partial charge in [-0.05, 0) is 43.3 Å². The number of hydroxylamine groups is 3. The van der Waals surface area contributed by atoms with Crippen molar-refractivity contribution in [3.63, 3.8) is 0 Å². The Balaban J connectivity index is 2.16. The Morgan fingerprint density at radius 2 is 1.73 bits per heavy atom. The maximum Gasteiger partial charge on any atom is 0.274 e. The normalized spacial score (nSPS) is 25.7. The summed E-state index contributed by atoms with van der Waals surface area (Å²) in [6.45, 7) is 3.56. The van der Waals surface area contributed by atoms with Crippen molar-refractivity contribution in [3.8, 4) is 0 Å². The van der Waals surface area contributed by atoms with Crippen molar-refractivity contribution in [2.75, 3.05) is 0 Å². The van der Waals surface area contributed by atoms with Crippen LogP contribution >= 0.6 is 15.9 Å². The summed E-state index contributed by atoms with van der Waals surface area (Å²) in [4.78, 5) is 0. The highest BCUT2D eigenvalue weighted by atomic mass is 79.9. The summed E-state index contributed by atoms with van der Waals surface area (Å²) >= 11 is 3.39. The van der Waals surface area contributed by atoms with E-state index in [1.165, 1.54) is 0 Å². The van der Waals surface area contributed by atoms with Crippen LogP contribution in [0.4, 0.5) is 0 Å². The molecular formula is C17H17BrN2O2. The monoisotopic (exact) mass is 360 g/mol. The summed E-state index contributed by atoms with van der Waals surface area (Å²) in [5, 5.41) is 24.7. The molecule has 4 nitrogen and oxygen atoms in total. The molecule has 1 N–H and O–H groups in total. The lowest BCUT2D eigenvalue weighted by Gasteiger charge is -2.29. The number of hydrogen-bond donors (Lipinski definition) is 1. The van der Waals surface area contributed by atoms with E-state index in [1.807, 2.05) is 61.5 Å². The molecule has 2 unspecified atom stereocenters. The smallest absolute Gasteiger partial charge is 0.274 e. The summed E-state index contributed by atoms with van der Waals surface area (Å²) in [7, 11) is 0. The standard InChI is InChI=1S/C17H17BrN2O2/c1-12-16(13-6-4-3-5-7-13)20(22)17(2,19(12)21)14-8-10-15(18)11-9-14/h3-12,21H,1-2H3. The van der Waals surface area contributed by atoms with E-state index in [-0.39, 0.29) is 0 Å². The zero-order chi connectivity index (χ0) is 15.9. The van der Waals surface area contributed by atoms with Gasteiger partial charge >= 0.3 is 0 Å². The minimum absolute atomic E-state index is 0.395. The minimum atomic E-state index is -1.15. The molecule has 1 aliphatic heterocycles. The highest BCUT2D eigenvalue weighted by Crippen LogP contribution is 2.36. The molecule has 114 valence electrons. The largest absolute Gasteiger partial charge is 0.622 e. The van der Waals surface area contributed by atoms with Gasteiger partial charge in [0.2, 0.25) is 5.71 Å². The van der Waals surface area contributed by atoms with E-state index in [0.717, 1.165) is 25.4 Å². The van der Waals surface area contributed by atoms with Crippen molar-refractivity contribution in [2.45, 2.75) is 25.6 Å². The van der Waals surface area contributed by atoms with Crippen molar-refractivity contribution in [1.29, 1.82) is 0 Å². The van der Waals surface area contributed by atoms with Crippen molar-refractivity contribution >= 4 is 21.6 Å². The summed E-state index contributed by atoms with van der Waals surface area (Å²) < 4.78 is 1.84. The van der Waals surface area contributed by atoms with Gasteiger partial charge in [0.1, 0.15) is 6.04 Å². The third kappa shape index (κ3) is 2.17. The topological polar surface area (TPSA) is 49.5 Å². The van der Waals surface area contributed by atoms with E-state index in [2.05, 4.69) is 15.9 Å². The molecule has 0 saturated carbocycles. The van der Waals surface area contributed by atoms with Crippen LogP contribution in [0.3, 0.4) is 0 Å². The zero-order valence-corrected chi connectivity index (χ0v) is 14.0. The molecule has 3 rings (SSSR count). The van der Waals surface area contributed by atoms with E-state index in [1.54, 1.807) is 6.92 Å². The van der Waals surface area contributed by atoms with E-state index in [9.17, 15) is 10.4 Å². The Hall–Kier alpha value is -1.69. The Kier molecular flexibility index (Phi) is 3.80. The molecule has 0 amide bonds. The third-order valence-corrected chi connectivity index (χ3v) is 4.81. The lowest BCUT2D eigenvalue weighted by molar-refractivity contribution is -0.595. The zero-order valence-electron chi connectivity index (χ0n) is 12.4. The molecule has 2 aromatic rings. The van der Waals surface area contributed by atoms with E-state index < -0.39 is 11.7 Å². The SMILES string of the molecule is CC1C(c2ccccc2)=[N+]([O-])C(C)(c2ccc(Br)cc2)N1O. The number of hydrogen-bond acceptors (Lipinski definition) is 3. The molecule has 0 radical (unpaired) electrons. The van der Waals surface area contributed by atoms with Gasteiger partial charge in [-0.1, -0.05) is 34.1 Å². The molecule has 2 aromatic carbocycles. The fourth-order valence-electron chi connectivity index (χ4n) is 2.97. The maximum atomic E-state index is 13.0. The summed E-state index contributed by atoms with van der Waals surface area (Å²) in [5.74, 6) is 0. The molecule has 1 aliphatic rings. The van der Waals surface area contributed by atoms with Crippen LogP contribution in [0.25, 0.3) is 0 Å². The van der Waals surface area contributed by atoms with Crippen molar-refractivity contribution in [3.05, 3.63) is 75.4 Å². The van der Waals surface area contributed by atoms with Crippen LogP contribution in [0.2, 0.25) is 0 Å². The Labute approximate surface area is 138 Å². The van der Waals surface area contributed by atoms with Crippen LogP contribution in [0, 0.1) is 5.21 Å². The maximum absolute atomic E-state index is 13.0. The van der Waals surface area contributed by atoms with Crippen molar-refractivity contribution in [1.82, 2.24) is 5.06 Å². The van der Waals surface area contributed by atoms with Gasteiger partial charge in [-0.2, -0.15) is 4.74 Å². The quantitative estimate of drug-likeness (QED) is 0.655. The Morgan fingerprint density at radius 1 is 1.14 bits per heavy atom. The lowest BCUT2D eigenvalue weighted by Crippen LogP contribution is -2.45. The molecule has 0 aromatic heterocycles. The van der Waals surface area contributed by atoms with Crippen LogP contribution in [-0.2, 0) is 5.66 Å².